The number of carbonyl (C=O) groups is 1. The lowest BCUT2D eigenvalue weighted by Gasteiger charge is -2.35. The molecule has 6 heteroatoms. The van der Waals surface area contributed by atoms with E-state index >= 15 is 0 Å². The first-order chi connectivity index (χ1) is 9.50. The number of hydrogen-bond donors (Lipinski definition) is 1. The molecule has 1 saturated heterocycles. The van der Waals surface area contributed by atoms with E-state index in [1.54, 1.807) is 31.1 Å². The van der Waals surface area contributed by atoms with Gasteiger partial charge in [-0.3, -0.25) is 9.69 Å². The predicted octanol–water partition coefficient (Wildman–Crippen LogP) is 2.03. The van der Waals surface area contributed by atoms with Gasteiger partial charge in [-0.15, -0.1) is 0 Å². The Morgan fingerprint density at radius 2 is 1.90 bits per heavy atom. The van der Waals surface area contributed by atoms with Crippen LogP contribution in [-0.2, 0) is 4.79 Å². The van der Waals surface area contributed by atoms with Gasteiger partial charge in [0.25, 0.3) is 0 Å². The SMILES string of the molecule is CN(C)C(=O)C(c1ccc(Cl)c(Cl)c1)N1CCNCC1. The molecule has 1 fully saturated rings. The van der Waals surface area contributed by atoms with Crippen molar-refractivity contribution in [1.29, 1.82) is 0 Å². The van der Waals surface area contributed by atoms with E-state index in [1.807, 2.05) is 6.07 Å². The van der Waals surface area contributed by atoms with Crippen LogP contribution in [0.3, 0.4) is 0 Å². The Kier molecular flexibility index (Phi) is 5.27. The fraction of sp³-hybridized carbons (Fsp3) is 0.500. The van der Waals surface area contributed by atoms with Crippen molar-refractivity contribution in [3.63, 3.8) is 0 Å². The third-order valence-electron chi connectivity index (χ3n) is 3.45. The Balaban J connectivity index is 2.34. The van der Waals surface area contributed by atoms with Gasteiger partial charge in [0.2, 0.25) is 5.91 Å². The van der Waals surface area contributed by atoms with Gasteiger partial charge in [-0.2, -0.15) is 0 Å². The molecule has 0 bridgehead atoms. The van der Waals surface area contributed by atoms with Gasteiger partial charge in [-0.05, 0) is 17.7 Å². The molecule has 2 rings (SSSR count). The number of likely N-dealkylation sites (N-methyl/N-ethyl adjacent to an activating group) is 1. The second kappa shape index (κ2) is 6.76. The van der Waals surface area contributed by atoms with Crippen LogP contribution >= 0.6 is 23.2 Å². The van der Waals surface area contributed by atoms with Crippen molar-refractivity contribution < 1.29 is 4.79 Å². The van der Waals surface area contributed by atoms with Crippen LogP contribution in [0.5, 0.6) is 0 Å². The molecule has 1 N–H and O–H groups in total. The summed E-state index contributed by atoms with van der Waals surface area (Å²) < 4.78 is 0. The fourth-order valence-corrected chi connectivity index (χ4v) is 2.68. The minimum absolute atomic E-state index is 0.0605. The highest BCUT2D eigenvalue weighted by molar-refractivity contribution is 6.42. The summed E-state index contributed by atoms with van der Waals surface area (Å²) >= 11 is 12.1. The summed E-state index contributed by atoms with van der Waals surface area (Å²) in [4.78, 5) is 16.3. The lowest BCUT2D eigenvalue weighted by atomic mass is 10.0. The first-order valence-corrected chi connectivity index (χ1v) is 7.37. The van der Waals surface area contributed by atoms with E-state index < -0.39 is 0 Å². The first-order valence-electron chi connectivity index (χ1n) is 6.61. The van der Waals surface area contributed by atoms with Gasteiger partial charge in [0.1, 0.15) is 6.04 Å². The van der Waals surface area contributed by atoms with E-state index in [-0.39, 0.29) is 11.9 Å². The van der Waals surface area contributed by atoms with Gasteiger partial charge < -0.3 is 10.2 Å². The summed E-state index contributed by atoms with van der Waals surface area (Å²) in [7, 11) is 3.55. The first kappa shape index (κ1) is 15.6. The molecule has 1 aromatic rings. The largest absolute Gasteiger partial charge is 0.347 e. The third-order valence-corrected chi connectivity index (χ3v) is 4.19. The molecule has 1 heterocycles. The van der Waals surface area contributed by atoms with Crippen LogP contribution in [0.25, 0.3) is 0 Å². The Hall–Kier alpha value is -0.810. The lowest BCUT2D eigenvalue weighted by Crippen LogP contribution is -2.49. The average Bonchev–Trinajstić information content (AvgIpc) is 2.44. The Labute approximate surface area is 129 Å². The normalized spacial score (nSPS) is 17.8. The average molecular weight is 316 g/mol. The van der Waals surface area contributed by atoms with Gasteiger partial charge in [0.05, 0.1) is 10.0 Å². The van der Waals surface area contributed by atoms with Crippen LogP contribution in [0.15, 0.2) is 18.2 Å². The topological polar surface area (TPSA) is 35.6 Å². The standard InChI is InChI=1S/C14H19Cl2N3O/c1-18(2)14(20)13(19-7-5-17-6-8-19)10-3-4-11(15)12(16)9-10/h3-4,9,13,17H,5-8H2,1-2H3. The fourth-order valence-electron chi connectivity index (χ4n) is 2.38. The predicted molar refractivity (Wildman–Crippen MR) is 82.3 cm³/mol. The molecule has 1 aliphatic rings. The molecule has 20 heavy (non-hydrogen) atoms. The lowest BCUT2D eigenvalue weighted by molar-refractivity contribution is -0.135. The minimum Gasteiger partial charge on any atom is -0.347 e. The summed E-state index contributed by atoms with van der Waals surface area (Å²) in [5.41, 5.74) is 0.889. The molecule has 1 unspecified atom stereocenters. The molecular formula is C14H19Cl2N3O. The van der Waals surface area contributed by atoms with E-state index in [9.17, 15) is 4.79 Å². The zero-order valence-corrected chi connectivity index (χ0v) is 13.2. The summed E-state index contributed by atoms with van der Waals surface area (Å²) in [6.45, 7) is 3.45. The van der Waals surface area contributed by atoms with Gasteiger partial charge in [0, 0.05) is 40.3 Å². The molecule has 4 nitrogen and oxygen atoms in total. The quantitative estimate of drug-likeness (QED) is 0.927. The molecule has 1 aromatic carbocycles. The number of nitrogens with one attached hydrogen (secondary N) is 1. The number of rotatable bonds is 3. The molecule has 0 spiro atoms. The molecular weight excluding hydrogens is 297 g/mol. The Morgan fingerprint density at radius 3 is 2.45 bits per heavy atom. The Morgan fingerprint density at radius 1 is 1.25 bits per heavy atom. The van der Waals surface area contributed by atoms with Crippen molar-refractivity contribution in [2.45, 2.75) is 6.04 Å². The second-order valence-electron chi connectivity index (χ2n) is 5.09. The van der Waals surface area contributed by atoms with Crippen molar-refractivity contribution in [1.82, 2.24) is 15.1 Å². The highest BCUT2D eigenvalue weighted by atomic mass is 35.5. The molecule has 0 radical (unpaired) electrons. The molecule has 0 aliphatic carbocycles. The van der Waals surface area contributed by atoms with Crippen molar-refractivity contribution in [2.75, 3.05) is 40.3 Å². The molecule has 0 saturated carbocycles. The van der Waals surface area contributed by atoms with Gasteiger partial charge in [-0.25, -0.2) is 0 Å². The molecule has 1 amide bonds. The zero-order valence-electron chi connectivity index (χ0n) is 11.7. The number of nitrogens with zero attached hydrogens (tertiary/aromatic N) is 2. The number of benzene rings is 1. The highest BCUT2D eigenvalue weighted by Gasteiger charge is 2.30. The zero-order chi connectivity index (χ0) is 14.7. The summed E-state index contributed by atoms with van der Waals surface area (Å²) in [5, 5.41) is 4.28. The monoisotopic (exact) mass is 315 g/mol. The summed E-state index contributed by atoms with van der Waals surface area (Å²) in [6, 6.07) is 5.11. The number of carbonyl (C=O) groups excluding carboxylic acids is 1. The maximum Gasteiger partial charge on any atom is 0.244 e. The van der Waals surface area contributed by atoms with E-state index in [4.69, 9.17) is 23.2 Å². The van der Waals surface area contributed by atoms with E-state index in [0.717, 1.165) is 31.7 Å². The summed E-state index contributed by atoms with van der Waals surface area (Å²) in [6.07, 6.45) is 0. The summed E-state index contributed by atoms with van der Waals surface area (Å²) in [5.74, 6) is 0.0605. The van der Waals surface area contributed by atoms with Crippen LogP contribution in [-0.4, -0.2) is 56.0 Å². The van der Waals surface area contributed by atoms with Crippen LogP contribution < -0.4 is 5.32 Å². The maximum absolute atomic E-state index is 12.5. The van der Waals surface area contributed by atoms with Crippen molar-refractivity contribution in [3.05, 3.63) is 33.8 Å². The third kappa shape index (κ3) is 3.44. The molecule has 1 aliphatic heterocycles. The van der Waals surface area contributed by atoms with Crippen LogP contribution in [0.2, 0.25) is 10.0 Å². The highest BCUT2D eigenvalue weighted by Crippen LogP contribution is 2.29. The molecule has 110 valence electrons. The van der Waals surface area contributed by atoms with Crippen molar-refractivity contribution in [3.8, 4) is 0 Å². The number of halogens is 2. The smallest absolute Gasteiger partial charge is 0.244 e. The van der Waals surface area contributed by atoms with Crippen molar-refractivity contribution >= 4 is 29.1 Å². The number of amides is 1. The van der Waals surface area contributed by atoms with E-state index in [0.29, 0.717) is 10.0 Å². The molecule has 1 atom stereocenters. The van der Waals surface area contributed by atoms with Gasteiger partial charge in [-0.1, -0.05) is 29.3 Å². The Bertz CT molecular complexity index is 487. The van der Waals surface area contributed by atoms with Gasteiger partial charge >= 0.3 is 0 Å². The number of piperazine rings is 1. The number of hydrogen-bond acceptors (Lipinski definition) is 3. The molecule has 0 aromatic heterocycles. The van der Waals surface area contributed by atoms with E-state index in [1.165, 1.54) is 0 Å². The van der Waals surface area contributed by atoms with E-state index in [2.05, 4.69) is 10.2 Å². The maximum atomic E-state index is 12.5. The second-order valence-corrected chi connectivity index (χ2v) is 5.91. The van der Waals surface area contributed by atoms with Gasteiger partial charge in [0.15, 0.2) is 0 Å². The minimum atomic E-state index is -0.304. The van der Waals surface area contributed by atoms with Crippen molar-refractivity contribution in [2.24, 2.45) is 0 Å². The van der Waals surface area contributed by atoms with Crippen LogP contribution in [0.4, 0.5) is 0 Å². The van der Waals surface area contributed by atoms with Crippen LogP contribution in [0.1, 0.15) is 11.6 Å². The van der Waals surface area contributed by atoms with Crippen LogP contribution in [0, 0.1) is 0 Å².